The van der Waals surface area contributed by atoms with Crippen molar-refractivity contribution in [2.24, 2.45) is 5.92 Å². The third kappa shape index (κ3) is 2.82. The molecule has 0 aromatic heterocycles. The van der Waals surface area contributed by atoms with Crippen LogP contribution in [0.1, 0.15) is 5.56 Å². The largest absolute Gasteiger partial charge is 0.481 e. The number of ether oxygens (including phenoxy) is 1. The summed E-state index contributed by atoms with van der Waals surface area (Å²) in [5.74, 6) is -1.57. The Hall–Kier alpha value is -2.15. The lowest BCUT2D eigenvalue weighted by Crippen LogP contribution is -2.33. The second-order valence-electron chi connectivity index (χ2n) is 4.49. The second kappa shape index (κ2) is 5.23. The van der Waals surface area contributed by atoms with Crippen LogP contribution in [0.25, 0.3) is 0 Å². The van der Waals surface area contributed by atoms with E-state index in [0.717, 1.165) is 5.56 Å². The molecule has 1 aliphatic heterocycles. The number of anilines is 1. The molecule has 19 heavy (non-hydrogen) atoms. The summed E-state index contributed by atoms with van der Waals surface area (Å²) in [6.07, 6.45) is 0. The maximum atomic E-state index is 11.0. The number of aryl methyl sites for hydroxylation is 1. The Morgan fingerprint density at radius 2 is 2.26 bits per heavy atom. The van der Waals surface area contributed by atoms with E-state index in [1.165, 1.54) is 12.1 Å². The van der Waals surface area contributed by atoms with E-state index < -0.39 is 16.8 Å². The quantitative estimate of drug-likeness (QED) is 0.631. The van der Waals surface area contributed by atoms with Crippen LogP contribution in [-0.4, -0.2) is 35.3 Å². The van der Waals surface area contributed by atoms with Gasteiger partial charge in [0.05, 0.1) is 24.2 Å². The number of carboxylic acids is 1. The number of benzene rings is 1. The van der Waals surface area contributed by atoms with Crippen molar-refractivity contribution in [1.82, 2.24) is 0 Å². The monoisotopic (exact) mass is 266 g/mol. The third-order valence-electron chi connectivity index (χ3n) is 3.17. The normalized spacial score (nSPS) is 22.2. The Balaban J connectivity index is 2.20. The van der Waals surface area contributed by atoms with Crippen LogP contribution >= 0.6 is 0 Å². The van der Waals surface area contributed by atoms with Crippen LogP contribution in [-0.2, 0) is 9.53 Å². The molecule has 2 N–H and O–H groups in total. The summed E-state index contributed by atoms with van der Waals surface area (Å²) < 4.78 is 5.14. The van der Waals surface area contributed by atoms with Gasteiger partial charge < -0.3 is 15.2 Å². The van der Waals surface area contributed by atoms with Crippen molar-refractivity contribution in [3.63, 3.8) is 0 Å². The van der Waals surface area contributed by atoms with Gasteiger partial charge in [-0.3, -0.25) is 14.9 Å². The highest BCUT2D eigenvalue weighted by Crippen LogP contribution is 2.25. The van der Waals surface area contributed by atoms with Gasteiger partial charge in [0.15, 0.2) is 0 Å². The smallest absolute Gasteiger partial charge is 0.311 e. The van der Waals surface area contributed by atoms with Crippen molar-refractivity contribution in [3.05, 3.63) is 33.9 Å². The van der Waals surface area contributed by atoms with Gasteiger partial charge in [-0.15, -0.1) is 0 Å². The topological polar surface area (TPSA) is 102 Å². The molecule has 1 aliphatic rings. The number of rotatable bonds is 4. The first kappa shape index (κ1) is 13.3. The summed E-state index contributed by atoms with van der Waals surface area (Å²) in [4.78, 5) is 21.3. The summed E-state index contributed by atoms with van der Waals surface area (Å²) in [7, 11) is 0. The molecule has 0 aliphatic carbocycles. The molecule has 1 saturated heterocycles. The summed E-state index contributed by atoms with van der Waals surface area (Å²) in [6.45, 7) is 2.23. The maximum Gasteiger partial charge on any atom is 0.311 e. The number of hydrogen-bond acceptors (Lipinski definition) is 5. The Kier molecular flexibility index (Phi) is 3.66. The number of hydrogen-bond donors (Lipinski definition) is 2. The first-order chi connectivity index (χ1) is 8.99. The Labute approximate surface area is 109 Å². The van der Waals surface area contributed by atoms with Gasteiger partial charge in [-0.05, 0) is 12.5 Å². The molecular weight excluding hydrogens is 252 g/mol. The fourth-order valence-corrected chi connectivity index (χ4v) is 2.02. The summed E-state index contributed by atoms with van der Waals surface area (Å²) in [5.41, 5.74) is 1.36. The average molecular weight is 266 g/mol. The van der Waals surface area contributed by atoms with Gasteiger partial charge in [0.25, 0.3) is 5.69 Å². The fraction of sp³-hybridized carbons (Fsp3) is 0.417. The maximum absolute atomic E-state index is 11.0. The van der Waals surface area contributed by atoms with E-state index in [1.807, 2.05) is 0 Å². The summed E-state index contributed by atoms with van der Waals surface area (Å²) in [6, 6.07) is 4.08. The number of non-ortho nitro benzene ring substituents is 1. The van der Waals surface area contributed by atoms with Crippen molar-refractivity contribution in [2.75, 3.05) is 18.5 Å². The number of nitro benzene ring substituents is 1. The Morgan fingerprint density at radius 1 is 1.53 bits per heavy atom. The molecule has 0 saturated carbocycles. The van der Waals surface area contributed by atoms with Gasteiger partial charge in [-0.25, -0.2) is 0 Å². The van der Waals surface area contributed by atoms with Crippen LogP contribution in [0, 0.1) is 23.0 Å². The molecule has 102 valence electrons. The molecule has 2 unspecified atom stereocenters. The van der Waals surface area contributed by atoms with E-state index in [0.29, 0.717) is 5.69 Å². The first-order valence-electron chi connectivity index (χ1n) is 5.81. The zero-order valence-corrected chi connectivity index (χ0v) is 10.3. The van der Waals surface area contributed by atoms with Crippen molar-refractivity contribution in [3.8, 4) is 0 Å². The minimum absolute atomic E-state index is 0.0288. The van der Waals surface area contributed by atoms with Gasteiger partial charge in [0.2, 0.25) is 0 Å². The van der Waals surface area contributed by atoms with Crippen molar-refractivity contribution in [1.29, 1.82) is 0 Å². The molecule has 7 nitrogen and oxygen atoms in total. The van der Waals surface area contributed by atoms with Crippen molar-refractivity contribution < 1.29 is 19.6 Å². The molecule has 0 spiro atoms. The van der Waals surface area contributed by atoms with Gasteiger partial charge >= 0.3 is 5.97 Å². The van der Waals surface area contributed by atoms with Crippen LogP contribution in [0.15, 0.2) is 18.2 Å². The lowest BCUT2D eigenvalue weighted by molar-refractivity contribution is -0.384. The second-order valence-corrected chi connectivity index (χ2v) is 4.49. The van der Waals surface area contributed by atoms with Crippen LogP contribution in [0.2, 0.25) is 0 Å². The minimum Gasteiger partial charge on any atom is -0.481 e. The average Bonchev–Trinajstić information content (AvgIpc) is 2.80. The van der Waals surface area contributed by atoms with Crippen LogP contribution in [0.3, 0.4) is 0 Å². The number of carbonyl (C=O) groups is 1. The van der Waals surface area contributed by atoms with E-state index in [2.05, 4.69) is 5.32 Å². The first-order valence-corrected chi connectivity index (χ1v) is 5.81. The van der Waals surface area contributed by atoms with E-state index in [4.69, 9.17) is 9.84 Å². The molecule has 0 radical (unpaired) electrons. The zero-order chi connectivity index (χ0) is 14.0. The highest BCUT2D eigenvalue weighted by atomic mass is 16.6. The van der Waals surface area contributed by atoms with Crippen LogP contribution in [0.5, 0.6) is 0 Å². The SMILES string of the molecule is Cc1ccc([N+](=O)[O-])cc1NC1COCC1C(=O)O. The predicted octanol–water partition coefficient (Wildman–Crippen LogP) is 1.41. The highest BCUT2D eigenvalue weighted by Gasteiger charge is 2.34. The standard InChI is InChI=1S/C12H14N2O5/c1-7-2-3-8(14(17)18)4-10(7)13-11-6-19-5-9(11)12(15)16/h2-4,9,11,13H,5-6H2,1H3,(H,15,16). The zero-order valence-electron chi connectivity index (χ0n) is 10.3. The fourth-order valence-electron chi connectivity index (χ4n) is 2.02. The molecule has 0 amide bonds. The molecule has 7 heteroatoms. The van der Waals surface area contributed by atoms with Crippen LogP contribution in [0.4, 0.5) is 11.4 Å². The molecular formula is C12H14N2O5. The number of aliphatic carboxylic acids is 1. The molecule has 2 rings (SSSR count). The molecule has 1 heterocycles. The number of nitrogens with one attached hydrogen (secondary N) is 1. The van der Waals surface area contributed by atoms with E-state index in [9.17, 15) is 14.9 Å². The third-order valence-corrected chi connectivity index (χ3v) is 3.17. The Morgan fingerprint density at radius 3 is 2.89 bits per heavy atom. The number of carboxylic acid groups (broad SMARTS) is 1. The Bertz CT molecular complexity index is 517. The summed E-state index contributed by atoms with van der Waals surface area (Å²) >= 11 is 0. The molecule has 1 aromatic rings. The van der Waals surface area contributed by atoms with E-state index in [1.54, 1.807) is 13.0 Å². The molecule has 2 atom stereocenters. The predicted molar refractivity (Wildman–Crippen MR) is 67.2 cm³/mol. The van der Waals surface area contributed by atoms with Crippen LogP contribution < -0.4 is 5.32 Å². The lowest BCUT2D eigenvalue weighted by atomic mass is 10.0. The van der Waals surface area contributed by atoms with E-state index in [-0.39, 0.29) is 24.9 Å². The number of nitrogens with zero attached hydrogens (tertiary/aromatic N) is 1. The van der Waals surface area contributed by atoms with E-state index >= 15 is 0 Å². The summed E-state index contributed by atoms with van der Waals surface area (Å²) in [5, 5.41) is 22.8. The molecule has 1 aromatic carbocycles. The number of nitro groups is 1. The van der Waals surface area contributed by atoms with Gasteiger partial charge in [-0.2, -0.15) is 0 Å². The highest BCUT2D eigenvalue weighted by molar-refractivity contribution is 5.72. The van der Waals surface area contributed by atoms with Crippen molar-refractivity contribution >= 4 is 17.3 Å². The van der Waals surface area contributed by atoms with Crippen molar-refractivity contribution in [2.45, 2.75) is 13.0 Å². The van der Waals surface area contributed by atoms with Gasteiger partial charge in [-0.1, -0.05) is 6.07 Å². The van der Waals surface area contributed by atoms with Gasteiger partial charge in [0.1, 0.15) is 5.92 Å². The minimum atomic E-state index is -0.932. The van der Waals surface area contributed by atoms with Gasteiger partial charge in [0, 0.05) is 17.8 Å². The lowest BCUT2D eigenvalue weighted by Gasteiger charge is -2.18. The molecule has 0 bridgehead atoms. The molecule has 1 fully saturated rings.